The Bertz CT molecular complexity index is 372. The molecule has 0 atom stereocenters. The van der Waals surface area contributed by atoms with Gasteiger partial charge in [0, 0.05) is 5.41 Å². The smallest absolute Gasteiger partial charge is 0.00221 e. The van der Waals surface area contributed by atoms with Crippen molar-refractivity contribution >= 4 is 0 Å². The number of rotatable bonds is 3. The number of benzene rings is 1. The average molecular weight is 229 g/mol. The third-order valence-electron chi connectivity index (χ3n) is 5.29. The van der Waals surface area contributed by atoms with Crippen molar-refractivity contribution in [3.8, 4) is 0 Å². The highest BCUT2D eigenvalue weighted by atomic mass is 14.7. The summed E-state index contributed by atoms with van der Waals surface area (Å²) in [4.78, 5) is 0. The van der Waals surface area contributed by atoms with Gasteiger partial charge >= 0.3 is 0 Å². The summed E-state index contributed by atoms with van der Waals surface area (Å²) in [7, 11) is 0. The lowest BCUT2D eigenvalue weighted by Crippen LogP contribution is -2.43. The van der Waals surface area contributed by atoms with Crippen molar-refractivity contribution in [2.75, 3.05) is 6.54 Å². The first-order valence-corrected chi connectivity index (χ1v) is 7.09. The van der Waals surface area contributed by atoms with Crippen molar-refractivity contribution < 1.29 is 0 Å². The number of hydrogen-bond acceptors (Lipinski definition) is 1. The second kappa shape index (κ2) is 4.13. The molecule has 1 nitrogen and oxygen atoms in total. The van der Waals surface area contributed by atoms with E-state index in [0.717, 1.165) is 6.54 Å². The first-order valence-electron chi connectivity index (χ1n) is 7.09. The Morgan fingerprint density at radius 3 is 2.06 bits per heavy atom. The molecule has 0 unspecified atom stereocenters. The quantitative estimate of drug-likeness (QED) is 0.841. The van der Waals surface area contributed by atoms with Crippen molar-refractivity contribution in [1.29, 1.82) is 0 Å². The highest BCUT2D eigenvalue weighted by Gasteiger charge is 2.58. The monoisotopic (exact) mass is 229 g/mol. The maximum Gasteiger partial charge on any atom is 0.00221 e. The third kappa shape index (κ3) is 1.63. The van der Waals surface area contributed by atoms with Crippen LogP contribution in [0.3, 0.4) is 0 Å². The Morgan fingerprint density at radius 2 is 1.53 bits per heavy atom. The van der Waals surface area contributed by atoms with Crippen LogP contribution in [0.4, 0.5) is 0 Å². The van der Waals surface area contributed by atoms with Gasteiger partial charge in [0.1, 0.15) is 0 Å². The molecule has 0 radical (unpaired) electrons. The van der Waals surface area contributed by atoms with Crippen molar-refractivity contribution in [2.45, 2.75) is 50.4 Å². The molecule has 0 saturated heterocycles. The van der Waals surface area contributed by atoms with E-state index in [9.17, 15) is 0 Å². The summed E-state index contributed by atoms with van der Waals surface area (Å²) in [5.74, 6) is 0. The van der Waals surface area contributed by atoms with E-state index in [0.29, 0.717) is 10.8 Å². The van der Waals surface area contributed by atoms with Crippen molar-refractivity contribution in [2.24, 2.45) is 11.1 Å². The van der Waals surface area contributed by atoms with Crippen LogP contribution >= 0.6 is 0 Å². The highest BCUT2D eigenvalue weighted by molar-refractivity contribution is 5.35. The normalized spacial score (nSPS) is 25.5. The SMILES string of the molecule is NCC1(C2(c3ccccc3)CC2)CCCCC1. The van der Waals surface area contributed by atoms with Crippen LogP contribution in [0.1, 0.15) is 50.5 Å². The van der Waals surface area contributed by atoms with Crippen LogP contribution in [-0.2, 0) is 5.41 Å². The molecule has 3 rings (SSSR count). The summed E-state index contributed by atoms with van der Waals surface area (Å²) in [5, 5.41) is 0. The molecular weight excluding hydrogens is 206 g/mol. The molecule has 2 saturated carbocycles. The van der Waals surface area contributed by atoms with Gasteiger partial charge in [0.25, 0.3) is 0 Å². The molecule has 17 heavy (non-hydrogen) atoms. The zero-order valence-electron chi connectivity index (χ0n) is 10.6. The van der Waals surface area contributed by atoms with Crippen LogP contribution in [0.5, 0.6) is 0 Å². The van der Waals surface area contributed by atoms with E-state index in [-0.39, 0.29) is 0 Å². The second-order valence-electron chi connectivity index (χ2n) is 5.99. The predicted octanol–water partition coefficient (Wildman–Crippen LogP) is 3.63. The standard InChI is InChI=1S/C16H23N/c17-13-15(9-5-2-6-10-15)16(11-12-16)14-7-3-1-4-8-14/h1,3-4,7-8H,2,5-6,9-13,17H2. The second-order valence-corrected chi connectivity index (χ2v) is 5.99. The zero-order valence-corrected chi connectivity index (χ0v) is 10.6. The first-order chi connectivity index (χ1) is 8.33. The fourth-order valence-electron chi connectivity index (χ4n) is 4.11. The topological polar surface area (TPSA) is 26.0 Å². The fourth-order valence-corrected chi connectivity index (χ4v) is 4.11. The van der Waals surface area contributed by atoms with Gasteiger partial charge in [-0.2, -0.15) is 0 Å². The third-order valence-corrected chi connectivity index (χ3v) is 5.29. The van der Waals surface area contributed by atoms with Gasteiger partial charge in [-0.3, -0.25) is 0 Å². The molecule has 0 amide bonds. The van der Waals surface area contributed by atoms with Gasteiger partial charge in [0.05, 0.1) is 0 Å². The van der Waals surface area contributed by atoms with Gasteiger partial charge < -0.3 is 5.73 Å². The summed E-state index contributed by atoms with van der Waals surface area (Å²) in [6.45, 7) is 0.877. The van der Waals surface area contributed by atoms with E-state index >= 15 is 0 Å². The van der Waals surface area contributed by atoms with Gasteiger partial charge in [0.15, 0.2) is 0 Å². The van der Waals surface area contributed by atoms with Crippen LogP contribution in [0.2, 0.25) is 0 Å². The molecule has 2 aliphatic rings. The molecule has 2 aliphatic carbocycles. The lowest BCUT2D eigenvalue weighted by atomic mass is 9.61. The van der Waals surface area contributed by atoms with E-state index in [1.807, 2.05) is 0 Å². The summed E-state index contributed by atoms with van der Waals surface area (Å²) < 4.78 is 0. The average Bonchev–Trinajstić information content (AvgIpc) is 3.22. The Morgan fingerprint density at radius 1 is 0.882 bits per heavy atom. The molecular formula is C16H23N. The lowest BCUT2D eigenvalue weighted by molar-refractivity contribution is 0.136. The van der Waals surface area contributed by atoms with Crippen molar-refractivity contribution in [1.82, 2.24) is 0 Å². The van der Waals surface area contributed by atoms with Gasteiger partial charge in [-0.25, -0.2) is 0 Å². The Balaban J connectivity index is 1.96. The minimum Gasteiger partial charge on any atom is -0.330 e. The van der Waals surface area contributed by atoms with Gasteiger partial charge in [-0.05, 0) is 43.2 Å². The van der Waals surface area contributed by atoms with E-state index in [1.165, 1.54) is 44.9 Å². The van der Waals surface area contributed by atoms with Crippen LogP contribution in [0, 0.1) is 5.41 Å². The van der Waals surface area contributed by atoms with Gasteiger partial charge in [-0.1, -0.05) is 49.6 Å². The molecule has 2 fully saturated rings. The Hall–Kier alpha value is -0.820. The minimum atomic E-state index is 0.409. The summed E-state index contributed by atoms with van der Waals surface area (Å²) in [6.07, 6.45) is 9.57. The minimum absolute atomic E-state index is 0.409. The molecule has 2 N–H and O–H groups in total. The van der Waals surface area contributed by atoms with E-state index in [2.05, 4.69) is 30.3 Å². The fraction of sp³-hybridized carbons (Fsp3) is 0.625. The molecule has 0 aromatic heterocycles. The summed E-state index contributed by atoms with van der Waals surface area (Å²) in [5.41, 5.74) is 8.59. The molecule has 1 heteroatoms. The van der Waals surface area contributed by atoms with Crippen molar-refractivity contribution in [3.63, 3.8) is 0 Å². The van der Waals surface area contributed by atoms with Crippen LogP contribution < -0.4 is 5.73 Å². The summed E-state index contributed by atoms with van der Waals surface area (Å²) >= 11 is 0. The van der Waals surface area contributed by atoms with Crippen LogP contribution in [0.25, 0.3) is 0 Å². The lowest BCUT2D eigenvalue weighted by Gasteiger charge is -2.44. The van der Waals surface area contributed by atoms with E-state index < -0.39 is 0 Å². The predicted molar refractivity (Wildman–Crippen MR) is 71.9 cm³/mol. The summed E-state index contributed by atoms with van der Waals surface area (Å²) in [6, 6.07) is 11.1. The highest BCUT2D eigenvalue weighted by Crippen LogP contribution is 2.64. The molecule has 0 heterocycles. The molecule has 1 aromatic rings. The Labute approximate surface area is 104 Å². The Kier molecular flexibility index (Phi) is 2.74. The maximum atomic E-state index is 6.20. The van der Waals surface area contributed by atoms with E-state index in [4.69, 9.17) is 5.73 Å². The first kappa shape index (κ1) is 11.3. The molecule has 92 valence electrons. The maximum absolute atomic E-state index is 6.20. The zero-order chi connectivity index (χ0) is 11.8. The molecule has 0 bridgehead atoms. The number of nitrogens with two attached hydrogens (primary N) is 1. The molecule has 0 spiro atoms. The van der Waals surface area contributed by atoms with Crippen LogP contribution in [0.15, 0.2) is 30.3 Å². The van der Waals surface area contributed by atoms with Gasteiger partial charge in [-0.15, -0.1) is 0 Å². The largest absolute Gasteiger partial charge is 0.330 e. The molecule has 1 aromatic carbocycles. The van der Waals surface area contributed by atoms with Gasteiger partial charge in [0.2, 0.25) is 0 Å². The van der Waals surface area contributed by atoms with Crippen molar-refractivity contribution in [3.05, 3.63) is 35.9 Å². The molecule has 0 aliphatic heterocycles. The number of hydrogen-bond donors (Lipinski definition) is 1. The van der Waals surface area contributed by atoms with Crippen LogP contribution in [-0.4, -0.2) is 6.54 Å². The van der Waals surface area contributed by atoms with E-state index in [1.54, 1.807) is 5.56 Å².